The molecule has 1 fully saturated rings. The highest BCUT2D eigenvalue weighted by Crippen LogP contribution is 2.22. The zero-order chi connectivity index (χ0) is 14.8. The fourth-order valence-electron chi connectivity index (χ4n) is 2.79. The molecule has 1 saturated heterocycles. The van der Waals surface area contributed by atoms with Gasteiger partial charge in [0.15, 0.2) is 0 Å². The van der Waals surface area contributed by atoms with Crippen LogP contribution in [-0.2, 0) is 0 Å². The van der Waals surface area contributed by atoms with E-state index in [1.54, 1.807) is 35.6 Å². The first-order valence-corrected chi connectivity index (χ1v) is 7.47. The smallest absolute Gasteiger partial charge is 0.145 e. The van der Waals surface area contributed by atoms with E-state index < -0.39 is 0 Å². The molecule has 0 saturated carbocycles. The molecular formula is C15H17N7. The zero-order valence-electron chi connectivity index (χ0n) is 12.1. The van der Waals surface area contributed by atoms with E-state index in [4.69, 9.17) is 0 Å². The number of rotatable bonds is 3. The van der Waals surface area contributed by atoms with Gasteiger partial charge in [-0.15, -0.1) is 0 Å². The second kappa shape index (κ2) is 5.69. The van der Waals surface area contributed by atoms with Crippen LogP contribution in [0.4, 0.5) is 5.82 Å². The molecule has 0 amide bonds. The number of fused-ring (bicyclic) bond motifs is 1. The average Bonchev–Trinajstić information content (AvgIpc) is 3.00. The maximum atomic E-state index is 4.68. The fraction of sp³-hybridized carbons (Fsp3) is 0.333. The number of anilines is 1. The predicted molar refractivity (Wildman–Crippen MR) is 83.5 cm³/mol. The number of nitrogens with zero attached hydrogens (tertiary/aromatic N) is 5. The Morgan fingerprint density at radius 2 is 2.23 bits per heavy atom. The van der Waals surface area contributed by atoms with Gasteiger partial charge in [0.05, 0.1) is 29.8 Å². The Labute approximate surface area is 127 Å². The van der Waals surface area contributed by atoms with Crippen LogP contribution in [0, 0.1) is 0 Å². The van der Waals surface area contributed by atoms with Gasteiger partial charge in [-0.1, -0.05) is 0 Å². The van der Waals surface area contributed by atoms with E-state index in [0.29, 0.717) is 6.04 Å². The van der Waals surface area contributed by atoms with E-state index in [1.165, 1.54) is 6.42 Å². The van der Waals surface area contributed by atoms with E-state index in [0.717, 1.165) is 42.1 Å². The third-order valence-corrected chi connectivity index (χ3v) is 3.89. The highest BCUT2D eigenvalue weighted by atomic mass is 15.2. The van der Waals surface area contributed by atoms with Crippen LogP contribution in [0.5, 0.6) is 0 Å². The summed E-state index contributed by atoms with van der Waals surface area (Å²) in [6.07, 6.45) is 11.1. The SMILES string of the molecule is c1cc2c(-c3cncc(N[C@@H]4CCCNC4)n3)cnn2cn1. The monoisotopic (exact) mass is 295 g/mol. The molecule has 0 aromatic carbocycles. The Bertz CT molecular complexity index is 776. The van der Waals surface area contributed by atoms with Gasteiger partial charge >= 0.3 is 0 Å². The van der Waals surface area contributed by atoms with Crippen molar-refractivity contribution < 1.29 is 0 Å². The number of hydrogen-bond donors (Lipinski definition) is 2. The zero-order valence-corrected chi connectivity index (χ0v) is 12.1. The van der Waals surface area contributed by atoms with Gasteiger partial charge in [-0.2, -0.15) is 5.10 Å². The van der Waals surface area contributed by atoms with Crippen LogP contribution in [-0.4, -0.2) is 43.7 Å². The van der Waals surface area contributed by atoms with Crippen molar-refractivity contribution in [2.75, 3.05) is 18.4 Å². The van der Waals surface area contributed by atoms with E-state index in [2.05, 4.69) is 30.7 Å². The summed E-state index contributed by atoms with van der Waals surface area (Å²) in [5, 5.41) is 11.1. The maximum absolute atomic E-state index is 4.68. The number of piperidine rings is 1. The van der Waals surface area contributed by atoms with Gasteiger partial charge in [0.25, 0.3) is 0 Å². The van der Waals surface area contributed by atoms with Gasteiger partial charge in [0, 0.05) is 24.3 Å². The normalized spacial score (nSPS) is 18.5. The van der Waals surface area contributed by atoms with Crippen LogP contribution in [0.1, 0.15) is 12.8 Å². The molecule has 22 heavy (non-hydrogen) atoms. The molecule has 0 spiro atoms. The first-order chi connectivity index (χ1) is 10.9. The standard InChI is InChI=1S/C15H17N7/c1-2-11(6-16-4-1)20-15-9-18-8-13(21-15)12-7-19-22-10-17-5-3-14(12)22/h3,5,7-11,16H,1-2,4,6H2,(H,20,21)/t11-/m1/s1. The number of hydrogen-bond acceptors (Lipinski definition) is 6. The van der Waals surface area contributed by atoms with Crippen LogP contribution < -0.4 is 10.6 Å². The predicted octanol–water partition coefficient (Wildman–Crippen LogP) is 1.35. The minimum absolute atomic E-state index is 0.409. The molecule has 1 atom stereocenters. The van der Waals surface area contributed by atoms with Crippen molar-refractivity contribution in [3.05, 3.63) is 37.2 Å². The Kier molecular flexibility index (Phi) is 3.40. The second-order valence-corrected chi connectivity index (χ2v) is 5.45. The van der Waals surface area contributed by atoms with Crippen LogP contribution in [0.3, 0.4) is 0 Å². The summed E-state index contributed by atoms with van der Waals surface area (Å²) >= 11 is 0. The first-order valence-electron chi connectivity index (χ1n) is 7.47. The van der Waals surface area contributed by atoms with E-state index in [1.807, 2.05) is 6.07 Å². The lowest BCUT2D eigenvalue weighted by molar-refractivity contribution is 0.479. The lowest BCUT2D eigenvalue weighted by Gasteiger charge is -2.24. The van der Waals surface area contributed by atoms with Crippen LogP contribution in [0.15, 0.2) is 37.2 Å². The summed E-state index contributed by atoms with van der Waals surface area (Å²) < 4.78 is 1.74. The molecule has 7 nitrogen and oxygen atoms in total. The van der Waals surface area contributed by atoms with Gasteiger partial charge in [-0.25, -0.2) is 14.5 Å². The molecule has 3 aromatic heterocycles. The number of nitrogens with one attached hydrogen (secondary N) is 2. The average molecular weight is 295 g/mol. The third kappa shape index (κ3) is 2.50. The Balaban J connectivity index is 1.63. The number of aromatic nitrogens is 5. The lowest BCUT2D eigenvalue weighted by Crippen LogP contribution is -2.38. The Morgan fingerprint density at radius 1 is 1.23 bits per heavy atom. The molecule has 4 rings (SSSR count). The molecule has 1 aliphatic heterocycles. The van der Waals surface area contributed by atoms with Crippen molar-refractivity contribution in [2.45, 2.75) is 18.9 Å². The van der Waals surface area contributed by atoms with Gasteiger partial charge < -0.3 is 10.6 Å². The highest BCUT2D eigenvalue weighted by Gasteiger charge is 2.14. The van der Waals surface area contributed by atoms with Crippen molar-refractivity contribution in [2.24, 2.45) is 0 Å². The van der Waals surface area contributed by atoms with Gasteiger partial charge in [0.1, 0.15) is 12.1 Å². The van der Waals surface area contributed by atoms with E-state index >= 15 is 0 Å². The van der Waals surface area contributed by atoms with E-state index in [9.17, 15) is 0 Å². The van der Waals surface area contributed by atoms with Crippen molar-refractivity contribution in [1.82, 2.24) is 29.9 Å². The largest absolute Gasteiger partial charge is 0.365 e. The Morgan fingerprint density at radius 3 is 3.14 bits per heavy atom. The summed E-state index contributed by atoms with van der Waals surface area (Å²) in [5.74, 6) is 0.805. The van der Waals surface area contributed by atoms with Crippen LogP contribution >= 0.6 is 0 Å². The summed E-state index contributed by atoms with van der Waals surface area (Å²) in [5.41, 5.74) is 2.75. The van der Waals surface area contributed by atoms with Crippen molar-refractivity contribution >= 4 is 11.3 Å². The molecule has 0 aliphatic carbocycles. The van der Waals surface area contributed by atoms with Crippen molar-refractivity contribution in [1.29, 1.82) is 0 Å². The molecule has 1 aliphatic rings. The fourth-order valence-corrected chi connectivity index (χ4v) is 2.79. The van der Waals surface area contributed by atoms with Crippen LogP contribution in [0.25, 0.3) is 16.8 Å². The molecule has 7 heteroatoms. The molecule has 3 aromatic rings. The molecule has 2 N–H and O–H groups in total. The van der Waals surface area contributed by atoms with Gasteiger partial charge in [0.2, 0.25) is 0 Å². The second-order valence-electron chi connectivity index (χ2n) is 5.45. The third-order valence-electron chi connectivity index (χ3n) is 3.89. The summed E-state index contributed by atoms with van der Waals surface area (Å²) in [6, 6.07) is 2.33. The molecule has 0 bridgehead atoms. The maximum Gasteiger partial charge on any atom is 0.145 e. The van der Waals surface area contributed by atoms with Gasteiger partial charge in [-0.3, -0.25) is 4.98 Å². The van der Waals surface area contributed by atoms with Crippen molar-refractivity contribution in [3.63, 3.8) is 0 Å². The van der Waals surface area contributed by atoms with Gasteiger partial charge in [-0.05, 0) is 25.5 Å². The summed E-state index contributed by atoms with van der Waals surface area (Å²) in [6.45, 7) is 2.06. The molecule has 0 unspecified atom stereocenters. The summed E-state index contributed by atoms with van der Waals surface area (Å²) in [4.78, 5) is 13.1. The minimum Gasteiger partial charge on any atom is -0.365 e. The Hall–Kier alpha value is -2.54. The lowest BCUT2D eigenvalue weighted by atomic mass is 10.1. The molecule has 112 valence electrons. The quantitative estimate of drug-likeness (QED) is 0.759. The van der Waals surface area contributed by atoms with Crippen molar-refractivity contribution in [3.8, 4) is 11.3 Å². The molecular weight excluding hydrogens is 278 g/mol. The highest BCUT2D eigenvalue weighted by molar-refractivity contribution is 5.77. The minimum atomic E-state index is 0.409. The summed E-state index contributed by atoms with van der Waals surface area (Å²) in [7, 11) is 0. The van der Waals surface area contributed by atoms with E-state index in [-0.39, 0.29) is 0 Å². The molecule has 4 heterocycles. The topological polar surface area (TPSA) is 80.0 Å². The van der Waals surface area contributed by atoms with Crippen LogP contribution in [0.2, 0.25) is 0 Å². The molecule has 0 radical (unpaired) electrons. The first kappa shape index (κ1) is 13.1.